The number of rotatable bonds is 15. The number of carbonyl (C=O) groups is 1. The predicted octanol–water partition coefficient (Wildman–Crippen LogP) is 5.34. The maximum atomic E-state index is 13.5. The van der Waals surface area contributed by atoms with Crippen LogP contribution in [0.2, 0.25) is 5.02 Å². The van der Waals surface area contributed by atoms with Gasteiger partial charge >= 0.3 is 6.03 Å². The van der Waals surface area contributed by atoms with Crippen molar-refractivity contribution < 1.29 is 19.4 Å². The first-order chi connectivity index (χ1) is 18.5. The fourth-order valence-corrected chi connectivity index (χ4v) is 6.46. The van der Waals surface area contributed by atoms with Crippen LogP contribution in [-0.2, 0) is 15.1 Å². The summed E-state index contributed by atoms with van der Waals surface area (Å²) >= 11 is 6.33. The van der Waals surface area contributed by atoms with E-state index in [-0.39, 0.29) is 18.0 Å². The molecular formula is C30H50ClN3O4. The summed E-state index contributed by atoms with van der Waals surface area (Å²) in [7, 11) is 3.41. The van der Waals surface area contributed by atoms with Gasteiger partial charge in [0.15, 0.2) is 0 Å². The molecule has 1 unspecified atom stereocenters. The van der Waals surface area contributed by atoms with Gasteiger partial charge in [-0.15, -0.1) is 0 Å². The molecule has 0 bridgehead atoms. The van der Waals surface area contributed by atoms with Gasteiger partial charge in [-0.25, -0.2) is 4.79 Å². The number of methoxy groups -OCH3 is 2. The second-order valence-electron chi connectivity index (χ2n) is 11.3. The minimum absolute atomic E-state index is 0.0168. The number of likely N-dealkylation sites (tertiary alicyclic amines) is 1. The molecule has 1 saturated carbocycles. The molecule has 0 spiro atoms. The minimum Gasteiger partial charge on any atom is -0.385 e. The van der Waals surface area contributed by atoms with Crippen LogP contribution in [0, 0.1) is 11.8 Å². The molecule has 38 heavy (non-hydrogen) atoms. The zero-order valence-electron chi connectivity index (χ0n) is 23.6. The SMILES string of the molecule is COCCCC[C@@](O)(c1cccc(Cl)c1)[C@@H]1CCCN(C(=O)NC(CNCCOC)CC2CCCCC2)C1. The standard InChI is InChI=1S/C30H50ClN3O4/c1-37-18-7-6-15-30(36,25-12-8-14-27(31)21-25)26-13-9-17-34(23-26)29(35)33-28(22-32-16-19-38-2)20-24-10-4-3-5-11-24/h8,12,14,21,24,26,28,32,36H,3-7,9-11,13,15-20,22-23H2,1-2H3,(H,33,35)/t26-,28?,30-/m1/s1. The molecule has 3 N–H and O–H groups in total. The number of aliphatic hydroxyl groups is 1. The molecule has 1 aromatic rings. The van der Waals surface area contributed by atoms with Gasteiger partial charge in [0.25, 0.3) is 0 Å². The van der Waals surface area contributed by atoms with E-state index in [2.05, 4.69) is 10.6 Å². The summed E-state index contributed by atoms with van der Waals surface area (Å²) in [5, 5.41) is 19.5. The van der Waals surface area contributed by atoms with Crippen molar-refractivity contribution in [2.45, 2.75) is 82.3 Å². The fourth-order valence-electron chi connectivity index (χ4n) is 6.27. The third-order valence-electron chi connectivity index (χ3n) is 8.41. The topological polar surface area (TPSA) is 83.1 Å². The molecule has 8 heteroatoms. The van der Waals surface area contributed by atoms with Crippen molar-refractivity contribution in [3.63, 3.8) is 0 Å². The number of urea groups is 1. The Morgan fingerprint density at radius 1 is 1.13 bits per heavy atom. The van der Waals surface area contributed by atoms with Gasteiger partial charge in [0, 0.05) is 64.0 Å². The average Bonchev–Trinajstić information content (AvgIpc) is 2.94. The van der Waals surface area contributed by atoms with E-state index in [1.165, 1.54) is 32.1 Å². The van der Waals surface area contributed by atoms with E-state index in [4.69, 9.17) is 21.1 Å². The Bertz CT molecular complexity index is 822. The van der Waals surface area contributed by atoms with E-state index in [1.54, 1.807) is 14.2 Å². The Hall–Kier alpha value is -1.38. The number of nitrogens with one attached hydrogen (secondary N) is 2. The van der Waals surface area contributed by atoms with Gasteiger partial charge in [-0.05, 0) is 62.1 Å². The number of carbonyl (C=O) groups excluding carboxylic acids is 1. The van der Waals surface area contributed by atoms with Crippen LogP contribution in [0.5, 0.6) is 0 Å². The number of ether oxygens (including phenoxy) is 2. The second-order valence-corrected chi connectivity index (χ2v) is 11.7. The first kappa shape index (κ1) is 31.2. The predicted molar refractivity (Wildman–Crippen MR) is 154 cm³/mol. The van der Waals surface area contributed by atoms with Gasteiger partial charge in [0.2, 0.25) is 0 Å². The molecule has 216 valence electrons. The number of piperidine rings is 1. The van der Waals surface area contributed by atoms with E-state index in [9.17, 15) is 9.90 Å². The van der Waals surface area contributed by atoms with Crippen molar-refractivity contribution in [1.82, 2.24) is 15.5 Å². The first-order valence-corrected chi connectivity index (χ1v) is 15.1. The molecule has 1 aromatic carbocycles. The summed E-state index contributed by atoms with van der Waals surface area (Å²) in [5.41, 5.74) is -0.201. The summed E-state index contributed by atoms with van der Waals surface area (Å²) in [6, 6.07) is 7.65. The summed E-state index contributed by atoms with van der Waals surface area (Å²) < 4.78 is 10.4. The Labute approximate surface area is 235 Å². The molecule has 0 radical (unpaired) electrons. The number of hydrogen-bond donors (Lipinski definition) is 3. The van der Waals surface area contributed by atoms with Gasteiger partial charge in [-0.3, -0.25) is 0 Å². The molecule has 3 rings (SSSR count). The molecule has 1 aliphatic heterocycles. The van der Waals surface area contributed by atoms with Crippen molar-refractivity contribution in [3.8, 4) is 0 Å². The average molecular weight is 552 g/mol. The Kier molecular flexibility index (Phi) is 13.7. The van der Waals surface area contributed by atoms with Gasteiger partial charge in [-0.2, -0.15) is 0 Å². The van der Waals surface area contributed by atoms with Crippen LogP contribution in [0.15, 0.2) is 24.3 Å². The van der Waals surface area contributed by atoms with E-state index in [0.717, 1.165) is 50.8 Å². The van der Waals surface area contributed by atoms with Crippen LogP contribution >= 0.6 is 11.6 Å². The second kappa shape index (κ2) is 16.7. The third kappa shape index (κ3) is 9.67. The Morgan fingerprint density at radius 3 is 2.66 bits per heavy atom. The number of halogens is 1. The van der Waals surface area contributed by atoms with E-state index >= 15 is 0 Å². The monoisotopic (exact) mass is 551 g/mol. The van der Waals surface area contributed by atoms with Crippen LogP contribution in [0.3, 0.4) is 0 Å². The lowest BCUT2D eigenvalue weighted by Gasteiger charge is -2.43. The number of hydrogen-bond acceptors (Lipinski definition) is 5. The normalized spacial score (nSPS) is 21.2. The van der Waals surface area contributed by atoms with E-state index in [0.29, 0.717) is 43.7 Å². The maximum Gasteiger partial charge on any atom is 0.317 e. The van der Waals surface area contributed by atoms with Gasteiger partial charge in [0.05, 0.1) is 12.2 Å². The molecule has 1 saturated heterocycles. The molecule has 0 aromatic heterocycles. The summed E-state index contributed by atoms with van der Waals surface area (Å²) in [6.45, 7) is 4.09. The summed E-state index contributed by atoms with van der Waals surface area (Å²) in [6.07, 6.45) is 11.5. The highest BCUT2D eigenvalue weighted by Gasteiger charge is 2.41. The molecule has 2 fully saturated rings. The van der Waals surface area contributed by atoms with Crippen molar-refractivity contribution in [2.24, 2.45) is 11.8 Å². The lowest BCUT2D eigenvalue weighted by molar-refractivity contribution is -0.0564. The zero-order valence-corrected chi connectivity index (χ0v) is 24.3. The highest BCUT2D eigenvalue weighted by molar-refractivity contribution is 6.30. The van der Waals surface area contributed by atoms with Crippen LogP contribution in [0.4, 0.5) is 4.79 Å². The molecule has 1 aliphatic carbocycles. The molecule has 3 atom stereocenters. The third-order valence-corrected chi connectivity index (χ3v) is 8.64. The van der Waals surface area contributed by atoms with Crippen LogP contribution in [0.25, 0.3) is 0 Å². The molecule has 2 amide bonds. The highest BCUT2D eigenvalue weighted by Crippen LogP contribution is 2.40. The Morgan fingerprint density at radius 2 is 1.92 bits per heavy atom. The summed E-state index contributed by atoms with van der Waals surface area (Å²) in [5.74, 6) is 0.618. The van der Waals surface area contributed by atoms with E-state index in [1.807, 2.05) is 29.2 Å². The molecular weight excluding hydrogens is 502 g/mol. The maximum absolute atomic E-state index is 13.5. The lowest BCUT2D eigenvalue weighted by Crippen LogP contribution is -2.54. The van der Waals surface area contributed by atoms with E-state index < -0.39 is 5.60 Å². The smallest absolute Gasteiger partial charge is 0.317 e. The van der Waals surface area contributed by atoms with Crippen molar-refractivity contribution in [3.05, 3.63) is 34.9 Å². The lowest BCUT2D eigenvalue weighted by atomic mass is 9.74. The van der Waals surface area contributed by atoms with Crippen molar-refractivity contribution in [1.29, 1.82) is 0 Å². The minimum atomic E-state index is -1.04. The number of benzene rings is 1. The molecule has 2 aliphatic rings. The van der Waals surface area contributed by atoms with Crippen molar-refractivity contribution >= 4 is 17.6 Å². The van der Waals surface area contributed by atoms with Crippen LogP contribution < -0.4 is 10.6 Å². The summed E-state index contributed by atoms with van der Waals surface area (Å²) in [4.78, 5) is 15.5. The van der Waals surface area contributed by atoms with Crippen LogP contribution in [0.1, 0.15) is 76.2 Å². The quantitative estimate of drug-likeness (QED) is 0.256. The van der Waals surface area contributed by atoms with Crippen molar-refractivity contribution in [2.75, 3.05) is 53.6 Å². The van der Waals surface area contributed by atoms with Gasteiger partial charge in [0.1, 0.15) is 0 Å². The zero-order chi connectivity index (χ0) is 27.2. The Balaban J connectivity index is 1.67. The largest absolute Gasteiger partial charge is 0.385 e. The van der Waals surface area contributed by atoms with Crippen LogP contribution in [-0.4, -0.2) is 75.7 Å². The van der Waals surface area contributed by atoms with Gasteiger partial charge in [-0.1, -0.05) is 55.8 Å². The number of amides is 2. The molecule has 1 heterocycles. The highest BCUT2D eigenvalue weighted by atomic mass is 35.5. The van der Waals surface area contributed by atoms with Gasteiger partial charge < -0.3 is 30.1 Å². The molecule has 7 nitrogen and oxygen atoms in total. The number of unbranched alkanes of at least 4 members (excludes halogenated alkanes) is 1. The number of nitrogens with zero attached hydrogens (tertiary/aromatic N) is 1. The first-order valence-electron chi connectivity index (χ1n) is 14.7. The fraction of sp³-hybridized carbons (Fsp3) is 0.767.